The van der Waals surface area contributed by atoms with Gasteiger partial charge in [-0.25, -0.2) is 0 Å². The number of phenolic OH excluding ortho intramolecular Hbond substituents is 1. The lowest BCUT2D eigenvalue weighted by atomic mass is 9.75. The lowest BCUT2D eigenvalue weighted by Crippen LogP contribution is -2.25. The molecule has 1 aliphatic rings. The van der Waals surface area contributed by atoms with Crippen molar-refractivity contribution in [1.82, 2.24) is 0 Å². The Morgan fingerprint density at radius 1 is 1.27 bits per heavy atom. The molecule has 0 spiro atoms. The van der Waals surface area contributed by atoms with E-state index in [1.807, 2.05) is 12.1 Å². The van der Waals surface area contributed by atoms with E-state index in [1.54, 1.807) is 6.07 Å². The van der Waals surface area contributed by atoms with Crippen molar-refractivity contribution in [2.45, 2.75) is 31.6 Å². The van der Waals surface area contributed by atoms with Gasteiger partial charge in [0, 0.05) is 0 Å². The number of hydrogen-bond donors (Lipinski definition) is 2. The average Bonchev–Trinajstić information content (AvgIpc) is 2.29. The van der Waals surface area contributed by atoms with Crippen molar-refractivity contribution in [2.24, 2.45) is 11.7 Å². The second kappa shape index (κ2) is 4.67. The fraction of sp³-hybridized carbons (Fsp3) is 0.538. The van der Waals surface area contributed by atoms with E-state index in [1.165, 1.54) is 31.2 Å². The molecule has 15 heavy (non-hydrogen) atoms. The van der Waals surface area contributed by atoms with Gasteiger partial charge < -0.3 is 10.8 Å². The van der Waals surface area contributed by atoms with E-state index in [4.69, 9.17) is 5.73 Å². The molecule has 0 radical (unpaired) electrons. The summed E-state index contributed by atoms with van der Waals surface area (Å²) in [5.41, 5.74) is 7.06. The third kappa shape index (κ3) is 2.32. The van der Waals surface area contributed by atoms with Gasteiger partial charge in [-0.15, -0.1) is 0 Å². The molecule has 0 heterocycles. The average molecular weight is 205 g/mol. The maximum Gasteiger partial charge on any atom is 0.115 e. The number of hydrogen-bond acceptors (Lipinski definition) is 2. The van der Waals surface area contributed by atoms with Gasteiger partial charge in [0.15, 0.2) is 0 Å². The summed E-state index contributed by atoms with van der Waals surface area (Å²) in [6, 6.07) is 7.65. The molecule has 1 saturated carbocycles. The Kier molecular flexibility index (Phi) is 3.27. The van der Waals surface area contributed by atoms with Crippen molar-refractivity contribution in [3.8, 4) is 5.75 Å². The summed E-state index contributed by atoms with van der Waals surface area (Å²) in [5, 5.41) is 9.47. The summed E-state index contributed by atoms with van der Waals surface area (Å²) in [7, 11) is 0. The fourth-order valence-electron chi connectivity index (χ4n) is 2.68. The van der Waals surface area contributed by atoms with Crippen molar-refractivity contribution >= 4 is 0 Å². The van der Waals surface area contributed by atoms with Crippen molar-refractivity contribution in [3.63, 3.8) is 0 Å². The normalized spacial score (nSPS) is 26.5. The van der Waals surface area contributed by atoms with E-state index in [-0.39, 0.29) is 0 Å². The first-order valence-corrected chi connectivity index (χ1v) is 5.80. The number of aromatic hydroxyl groups is 1. The highest BCUT2D eigenvalue weighted by Crippen LogP contribution is 2.37. The first kappa shape index (κ1) is 10.5. The van der Waals surface area contributed by atoms with Crippen LogP contribution in [0.4, 0.5) is 0 Å². The van der Waals surface area contributed by atoms with Gasteiger partial charge in [-0.2, -0.15) is 0 Å². The molecule has 82 valence electrons. The van der Waals surface area contributed by atoms with Crippen LogP contribution < -0.4 is 5.73 Å². The van der Waals surface area contributed by atoms with Crippen LogP contribution in [-0.2, 0) is 0 Å². The van der Waals surface area contributed by atoms with E-state index in [0.29, 0.717) is 17.6 Å². The molecule has 0 bridgehead atoms. The summed E-state index contributed by atoms with van der Waals surface area (Å²) in [6.07, 6.45) is 5.04. The summed E-state index contributed by atoms with van der Waals surface area (Å²) in [4.78, 5) is 0. The van der Waals surface area contributed by atoms with Crippen molar-refractivity contribution < 1.29 is 5.11 Å². The lowest BCUT2D eigenvalue weighted by Gasteiger charge is -2.31. The van der Waals surface area contributed by atoms with Crippen molar-refractivity contribution in [2.75, 3.05) is 6.54 Å². The maximum absolute atomic E-state index is 9.47. The Bertz CT molecular complexity index is 324. The molecule has 0 aliphatic heterocycles. The number of phenols is 1. The Morgan fingerprint density at radius 2 is 2.07 bits per heavy atom. The third-order valence-electron chi connectivity index (χ3n) is 3.51. The van der Waals surface area contributed by atoms with Gasteiger partial charge in [0.05, 0.1) is 0 Å². The zero-order valence-electron chi connectivity index (χ0n) is 9.02. The Balaban J connectivity index is 2.20. The van der Waals surface area contributed by atoms with Crippen LogP contribution in [0.1, 0.15) is 37.2 Å². The molecule has 0 aromatic heterocycles. The zero-order chi connectivity index (χ0) is 10.7. The molecule has 1 aliphatic carbocycles. The topological polar surface area (TPSA) is 46.2 Å². The second-order valence-electron chi connectivity index (χ2n) is 4.48. The molecule has 2 unspecified atom stereocenters. The molecule has 3 N–H and O–H groups in total. The summed E-state index contributed by atoms with van der Waals surface area (Å²) in [6.45, 7) is 0.764. The molecule has 2 nitrogen and oxygen atoms in total. The molecule has 2 atom stereocenters. The summed E-state index contributed by atoms with van der Waals surface area (Å²) < 4.78 is 0. The molecular formula is C13H19NO. The smallest absolute Gasteiger partial charge is 0.115 e. The molecule has 1 aromatic carbocycles. The minimum atomic E-state index is 0.369. The van der Waals surface area contributed by atoms with Crippen LogP contribution in [0.2, 0.25) is 0 Å². The van der Waals surface area contributed by atoms with Gasteiger partial charge in [-0.05, 0) is 48.9 Å². The number of rotatable bonds is 2. The first-order chi connectivity index (χ1) is 7.31. The molecule has 1 fully saturated rings. The number of nitrogens with two attached hydrogens (primary N) is 1. The highest BCUT2D eigenvalue weighted by Gasteiger charge is 2.25. The van der Waals surface area contributed by atoms with Crippen molar-refractivity contribution in [1.29, 1.82) is 0 Å². The van der Waals surface area contributed by atoms with Crippen LogP contribution in [-0.4, -0.2) is 11.7 Å². The van der Waals surface area contributed by atoms with Crippen LogP contribution in [0.15, 0.2) is 24.3 Å². The van der Waals surface area contributed by atoms with Gasteiger partial charge >= 0.3 is 0 Å². The van der Waals surface area contributed by atoms with Crippen LogP contribution in [0.5, 0.6) is 5.75 Å². The molecular weight excluding hydrogens is 186 g/mol. The van der Waals surface area contributed by atoms with Gasteiger partial charge in [0.25, 0.3) is 0 Å². The maximum atomic E-state index is 9.47. The van der Waals surface area contributed by atoms with E-state index in [9.17, 15) is 5.11 Å². The van der Waals surface area contributed by atoms with E-state index in [2.05, 4.69) is 6.07 Å². The highest BCUT2D eigenvalue weighted by molar-refractivity contribution is 5.30. The van der Waals surface area contributed by atoms with Gasteiger partial charge in [-0.3, -0.25) is 0 Å². The van der Waals surface area contributed by atoms with Crippen LogP contribution in [0.3, 0.4) is 0 Å². The van der Waals surface area contributed by atoms with Gasteiger partial charge in [-0.1, -0.05) is 25.0 Å². The van der Waals surface area contributed by atoms with E-state index >= 15 is 0 Å². The standard InChI is InChI=1S/C13H19NO/c14-9-11-4-1-2-7-13(11)10-5-3-6-12(15)8-10/h3,5-6,8,11,13,15H,1-2,4,7,9,14H2. The predicted molar refractivity (Wildman–Crippen MR) is 61.9 cm³/mol. The Hall–Kier alpha value is -1.02. The Labute approximate surface area is 91.1 Å². The molecule has 0 amide bonds. The van der Waals surface area contributed by atoms with E-state index in [0.717, 1.165) is 6.54 Å². The third-order valence-corrected chi connectivity index (χ3v) is 3.51. The van der Waals surface area contributed by atoms with Gasteiger partial charge in [0.2, 0.25) is 0 Å². The molecule has 0 saturated heterocycles. The largest absolute Gasteiger partial charge is 0.508 e. The first-order valence-electron chi connectivity index (χ1n) is 5.80. The zero-order valence-corrected chi connectivity index (χ0v) is 9.02. The lowest BCUT2D eigenvalue weighted by molar-refractivity contribution is 0.313. The summed E-state index contributed by atoms with van der Waals surface area (Å²) >= 11 is 0. The predicted octanol–water partition coefficient (Wildman–Crippen LogP) is 2.62. The second-order valence-corrected chi connectivity index (χ2v) is 4.48. The quantitative estimate of drug-likeness (QED) is 0.779. The fourth-order valence-corrected chi connectivity index (χ4v) is 2.68. The van der Waals surface area contributed by atoms with Crippen LogP contribution >= 0.6 is 0 Å². The Morgan fingerprint density at radius 3 is 2.80 bits per heavy atom. The van der Waals surface area contributed by atoms with Crippen molar-refractivity contribution in [3.05, 3.63) is 29.8 Å². The summed E-state index contributed by atoms with van der Waals surface area (Å²) in [5.74, 6) is 1.52. The minimum Gasteiger partial charge on any atom is -0.508 e. The highest BCUT2D eigenvalue weighted by atomic mass is 16.3. The minimum absolute atomic E-state index is 0.369. The molecule has 2 heteroatoms. The van der Waals surface area contributed by atoms with Gasteiger partial charge in [0.1, 0.15) is 5.75 Å². The SMILES string of the molecule is NCC1CCCCC1c1cccc(O)c1. The van der Waals surface area contributed by atoms with Crippen LogP contribution in [0.25, 0.3) is 0 Å². The molecule has 2 rings (SSSR count). The monoisotopic (exact) mass is 205 g/mol. The number of benzene rings is 1. The van der Waals surface area contributed by atoms with Crippen LogP contribution in [0, 0.1) is 5.92 Å². The van der Waals surface area contributed by atoms with E-state index < -0.39 is 0 Å². The molecule has 1 aromatic rings.